The zero-order chi connectivity index (χ0) is 22.6. The predicted molar refractivity (Wildman–Crippen MR) is 129 cm³/mol. The number of allylic oxidation sites excluding steroid dienone is 1. The third kappa shape index (κ3) is 3.79. The molecule has 3 fully saturated rings. The number of carbonyl (C=O) groups excluding carboxylic acids is 1. The molecule has 0 aromatic heterocycles. The minimum absolute atomic E-state index is 0.0388. The lowest BCUT2D eigenvalue weighted by molar-refractivity contribution is -0.119. The van der Waals surface area contributed by atoms with Crippen molar-refractivity contribution in [3.05, 3.63) is 23.8 Å². The maximum absolute atomic E-state index is 12.1. The Morgan fingerprint density at radius 2 is 1.94 bits per heavy atom. The van der Waals surface area contributed by atoms with Crippen LogP contribution in [0.4, 0.5) is 0 Å². The number of hydrogen-bond donors (Lipinski definition) is 1. The van der Waals surface area contributed by atoms with E-state index in [0.717, 1.165) is 36.2 Å². The molecule has 0 bridgehead atoms. The van der Waals surface area contributed by atoms with Gasteiger partial charge in [0.05, 0.1) is 6.10 Å². The van der Waals surface area contributed by atoms with E-state index in [0.29, 0.717) is 29.6 Å². The van der Waals surface area contributed by atoms with Crippen LogP contribution in [0.1, 0.15) is 98.8 Å². The second-order valence-corrected chi connectivity index (χ2v) is 12.3. The molecule has 4 aliphatic rings. The van der Waals surface area contributed by atoms with Crippen LogP contribution in [0, 0.1) is 46.3 Å². The van der Waals surface area contributed by atoms with Gasteiger partial charge in [0, 0.05) is 6.42 Å². The van der Waals surface area contributed by atoms with Gasteiger partial charge in [0.25, 0.3) is 0 Å². The fourth-order valence-corrected chi connectivity index (χ4v) is 9.05. The zero-order valence-corrected chi connectivity index (χ0v) is 20.8. The van der Waals surface area contributed by atoms with Crippen molar-refractivity contribution in [1.29, 1.82) is 0 Å². The molecule has 4 rings (SSSR count). The van der Waals surface area contributed by atoms with Crippen LogP contribution in [0.25, 0.3) is 0 Å². The van der Waals surface area contributed by atoms with Crippen molar-refractivity contribution in [2.45, 2.75) is 105 Å². The van der Waals surface area contributed by atoms with Gasteiger partial charge in [-0.15, -0.1) is 0 Å². The molecule has 1 N–H and O–H groups in total. The monoisotopic (exact) mass is 426 g/mol. The van der Waals surface area contributed by atoms with Crippen molar-refractivity contribution in [3.63, 3.8) is 0 Å². The summed E-state index contributed by atoms with van der Waals surface area (Å²) in [6, 6.07) is 0. The van der Waals surface area contributed by atoms with E-state index in [9.17, 15) is 9.90 Å². The van der Waals surface area contributed by atoms with Gasteiger partial charge in [0.15, 0.2) is 5.78 Å². The lowest BCUT2D eigenvalue weighted by Crippen LogP contribution is -2.54. The van der Waals surface area contributed by atoms with Gasteiger partial charge in [-0.25, -0.2) is 0 Å². The molecule has 0 saturated heterocycles. The quantitative estimate of drug-likeness (QED) is 0.459. The molecule has 0 amide bonds. The van der Waals surface area contributed by atoms with Gasteiger partial charge in [0.2, 0.25) is 0 Å². The standard InChI is InChI=1S/C29H46O2/c1-7-20(18(2)3)9-8-19(4)23-10-11-24-22-17-27(31)26-16-21(30)12-14-29(26,6)25(22)13-15-28(23,24)5/h16,19-20,22-25,27,31H,2,7-15,17H2,1,3-6H3/t19-,20+,22+,23-,24+,25+,27-,28-,29-/m1/s1. The van der Waals surface area contributed by atoms with Crippen molar-refractivity contribution in [3.8, 4) is 0 Å². The van der Waals surface area contributed by atoms with E-state index < -0.39 is 6.10 Å². The van der Waals surface area contributed by atoms with Gasteiger partial charge in [-0.1, -0.05) is 39.8 Å². The summed E-state index contributed by atoms with van der Waals surface area (Å²) in [7, 11) is 0. The van der Waals surface area contributed by atoms with Crippen LogP contribution < -0.4 is 0 Å². The molecule has 0 spiro atoms. The van der Waals surface area contributed by atoms with E-state index in [4.69, 9.17) is 0 Å². The van der Waals surface area contributed by atoms with Crippen LogP contribution in [0.3, 0.4) is 0 Å². The third-order valence-corrected chi connectivity index (χ3v) is 10.9. The van der Waals surface area contributed by atoms with E-state index in [-0.39, 0.29) is 11.2 Å². The van der Waals surface area contributed by atoms with Gasteiger partial charge < -0.3 is 5.11 Å². The summed E-state index contributed by atoms with van der Waals surface area (Å²) in [5.74, 6) is 4.50. The number of aliphatic hydroxyl groups excluding tert-OH is 1. The smallest absolute Gasteiger partial charge is 0.155 e. The number of rotatable bonds is 6. The van der Waals surface area contributed by atoms with Crippen molar-refractivity contribution in [2.75, 3.05) is 0 Å². The van der Waals surface area contributed by atoms with Crippen molar-refractivity contribution >= 4 is 5.78 Å². The fraction of sp³-hybridized carbons (Fsp3) is 0.828. The minimum Gasteiger partial charge on any atom is -0.389 e. The summed E-state index contributed by atoms with van der Waals surface area (Å²) < 4.78 is 0. The molecule has 2 nitrogen and oxygen atoms in total. The summed E-state index contributed by atoms with van der Waals surface area (Å²) in [5, 5.41) is 11.1. The second kappa shape index (κ2) is 8.47. The highest BCUT2D eigenvalue weighted by atomic mass is 16.3. The van der Waals surface area contributed by atoms with Gasteiger partial charge >= 0.3 is 0 Å². The lowest BCUT2D eigenvalue weighted by Gasteiger charge is -2.59. The molecule has 0 heterocycles. The maximum atomic E-state index is 12.1. The summed E-state index contributed by atoms with van der Waals surface area (Å²) in [5.41, 5.74) is 2.89. The Morgan fingerprint density at radius 3 is 2.61 bits per heavy atom. The van der Waals surface area contributed by atoms with Crippen LogP contribution in [0.5, 0.6) is 0 Å². The van der Waals surface area contributed by atoms with Crippen LogP contribution >= 0.6 is 0 Å². The van der Waals surface area contributed by atoms with E-state index >= 15 is 0 Å². The number of ketones is 1. The number of carbonyl (C=O) groups is 1. The Labute approximate surface area is 191 Å². The zero-order valence-electron chi connectivity index (χ0n) is 20.8. The Kier molecular flexibility index (Phi) is 6.36. The molecule has 3 saturated carbocycles. The maximum Gasteiger partial charge on any atom is 0.155 e. The first-order chi connectivity index (χ1) is 14.6. The molecule has 0 aliphatic heterocycles. The first-order valence-electron chi connectivity index (χ1n) is 13.2. The topological polar surface area (TPSA) is 37.3 Å². The van der Waals surface area contributed by atoms with Gasteiger partial charge in [-0.05, 0) is 123 Å². The van der Waals surface area contributed by atoms with Crippen LogP contribution in [-0.4, -0.2) is 17.0 Å². The van der Waals surface area contributed by atoms with E-state index in [1.165, 1.54) is 50.5 Å². The minimum atomic E-state index is -0.407. The molecule has 2 heteroatoms. The first kappa shape index (κ1) is 23.3. The normalized spacial score (nSPS) is 44.0. The Hall–Kier alpha value is -0.890. The molecule has 0 aromatic carbocycles. The van der Waals surface area contributed by atoms with Gasteiger partial charge in [-0.2, -0.15) is 0 Å². The highest BCUT2D eigenvalue weighted by molar-refractivity contribution is 5.91. The summed E-state index contributed by atoms with van der Waals surface area (Å²) >= 11 is 0. The van der Waals surface area contributed by atoms with Crippen LogP contribution in [0.15, 0.2) is 23.8 Å². The van der Waals surface area contributed by atoms with Crippen molar-refractivity contribution < 1.29 is 9.90 Å². The molecule has 0 aromatic rings. The molecule has 174 valence electrons. The fourth-order valence-electron chi connectivity index (χ4n) is 9.05. The number of fused-ring (bicyclic) bond motifs is 5. The highest BCUT2D eigenvalue weighted by Gasteiger charge is 2.60. The Balaban J connectivity index is 1.51. The molecular formula is C29H46O2. The summed E-state index contributed by atoms with van der Waals surface area (Å²) in [6.07, 6.45) is 13.0. The SMILES string of the molecule is C=C(C)[C@@H](CC)CC[C@@H](C)[C@H]1CC[C@H]2[C@@H]3C[C@@H](O)C4=CC(=O)CC[C@]4(C)[C@H]3CC[C@]12C. The molecular weight excluding hydrogens is 380 g/mol. The Bertz CT molecular complexity index is 750. The van der Waals surface area contributed by atoms with E-state index in [1.807, 2.05) is 6.08 Å². The lowest BCUT2D eigenvalue weighted by atomic mass is 9.46. The first-order valence-corrected chi connectivity index (χ1v) is 13.2. The van der Waals surface area contributed by atoms with E-state index in [2.05, 4.69) is 41.2 Å². The molecule has 0 unspecified atom stereocenters. The summed E-state index contributed by atoms with van der Waals surface area (Å²) in [6.45, 7) is 16.2. The average molecular weight is 427 g/mol. The van der Waals surface area contributed by atoms with Gasteiger partial charge in [0.1, 0.15) is 0 Å². The molecule has 9 atom stereocenters. The molecule has 0 radical (unpaired) electrons. The highest BCUT2D eigenvalue weighted by Crippen LogP contribution is 2.67. The second-order valence-electron chi connectivity index (χ2n) is 12.3. The number of aliphatic hydroxyl groups is 1. The molecule has 31 heavy (non-hydrogen) atoms. The predicted octanol–water partition coefficient (Wildman–Crippen LogP) is 7.12. The summed E-state index contributed by atoms with van der Waals surface area (Å²) in [4.78, 5) is 12.1. The van der Waals surface area contributed by atoms with E-state index in [1.54, 1.807) is 0 Å². The van der Waals surface area contributed by atoms with Gasteiger partial charge in [-0.3, -0.25) is 4.79 Å². The average Bonchev–Trinajstić information content (AvgIpc) is 3.07. The van der Waals surface area contributed by atoms with Crippen molar-refractivity contribution in [1.82, 2.24) is 0 Å². The third-order valence-electron chi connectivity index (χ3n) is 10.9. The molecule has 4 aliphatic carbocycles. The van der Waals surface area contributed by atoms with Crippen LogP contribution in [0.2, 0.25) is 0 Å². The number of hydrogen-bond acceptors (Lipinski definition) is 2. The largest absolute Gasteiger partial charge is 0.389 e. The Morgan fingerprint density at radius 1 is 1.19 bits per heavy atom. The van der Waals surface area contributed by atoms with Crippen LogP contribution in [-0.2, 0) is 4.79 Å². The van der Waals surface area contributed by atoms with Crippen molar-refractivity contribution in [2.24, 2.45) is 46.3 Å².